The Morgan fingerprint density at radius 1 is 1.28 bits per heavy atom. The van der Waals surface area contributed by atoms with Gasteiger partial charge in [0.1, 0.15) is 5.69 Å². The topological polar surface area (TPSA) is 61.6 Å². The van der Waals surface area contributed by atoms with Gasteiger partial charge in [0.2, 0.25) is 0 Å². The van der Waals surface area contributed by atoms with E-state index in [-0.39, 0.29) is 11.6 Å². The molecule has 0 unspecified atom stereocenters. The van der Waals surface area contributed by atoms with Gasteiger partial charge in [-0.2, -0.15) is 0 Å². The summed E-state index contributed by atoms with van der Waals surface area (Å²) in [6.45, 7) is 7.31. The van der Waals surface area contributed by atoms with Crippen LogP contribution in [0.4, 0.5) is 0 Å². The zero-order valence-electron chi connectivity index (χ0n) is 17.0. The molecule has 1 amide bonds. The minimum atomic E-state index is -0.266. The maximum Gasteiger partial charge on any atom is 0.271 e. The molecule has 4 saturated heterocycles. The fraction of sp³-hybridized carbons (Fsp3) is 0.565. The lowest BCUT2D eigenvalue weighted by Crippen LogP contribution is -2.65. The van der Waals surface area contributed by atoms with Crippen LogP contribution in [0.3, 0.4) is 0 Å². The summed E-state index contributed by atoms with van der Waals surface area (Å²) in [5, 5.41) is 4.11. The molecule has 0 radical (unpaired) electrons. The monoisotopic (exact) mass is 392 g/mol. The molecule has 1 atom stereocenters. The number of rotatable bonds is 3. The van der Waals surface area contributed by atoms with Crippen molar-refractivity contribution in [3.05, 3.63) is 29.8 Å². The second-order valence-electron chi connectivity index (χ2n) is 8.87. The van der Waals surface area contributed by atoms with Gasteiger partial charge in [-0.05, 0) is 70.0 Å². The van der Waals surface area contributed by atoms with Crippen molar-refractivity contribution in [3.8, 4) is 11.8 Å². The molecule has 6 heteroatoms. The van der Waals surface area contributed by atoms with Gasteiger partial charge < -0.3 is 9.73 Å². The number of nitrogens with zero attached hydrogens (tertiary/aromatic N) is 3. The number of amides is 1. The van der Waals surface area contributed by atoms with Gasteiger partial charge in [0.15, 0.2) is 11.3 Å². The number of pyridine rings is 1. The average Bonchev–Trinajstić information content (AvgIpc) is 3.37. The molecule has 0 spiro atoms. The van der Waals surface area contributed by atoms with E-state index in [1.54, 1.807) is 12.3 Å². The van der Waals surface area contributed by atoms with Crippen LogP contribution in [-0.2, 0) is 0 Å². The molecule has 2 bridgehead atoms. The Labute approximate surface area is 171 Å². The number of furan rings is 1. The Morgan fingerprint density at radius 3 is 2.79 bits per heavy atom. The molecule has 4 aliphatic heterocycles. The number of nitrogens with one attached hydrogen (secondary N) is 1. The standard InChI is InChI=1S/C23H28N4O2/c1-23(15-17-6-11-27(23)12-7-17)25-22(28)20-14-18-13-19(29-21(18)16-24-20)5-4-10-26-8-2-3-9-26/h13-14,16-17H,2-3,6-12,15H2,1H3,(H,25,28)/t23-/m0/s1. The van der Waals surface area contributed by atoms with E-state index in [1.165, 1.54) is 25.7 Å². The number of carbonyl (C=O) groups is 1. The molecule has 0 saturated carbocycles. The normalized spacial score (nSPS) is 29.0. The number of likely N-dealkylation sites (tertiary alicyclic amines) is 1. The maximum atomic E-state index is 12.9. The summed E-state index contributed by atoms with van der Waals surface area (Å²) < 4.78 is 5.78. The number of piperidine rings is 3. The molecule has 6 rings (SSSR count). The first-order valence-electron chi connectivity index (χ1n) is 10.8. The van der Waals surface area contributed by atoms with E-state index in [9.17, 15) is 4.79 Å². The molecule has 2 aromatic rings. The predicted molar refractivity (Wildman–Crippen MR) is 111 cm³/mol. The molecule has 0 aromatic carbocycles. The Morgan fingerprint density at radius 2 is 2.07 bits per heavy atom. The van der Waals surface area contributed by atoms with Crippen molar-refractivity contribution in [1.29, 1.82) is 0 Å². The summed E-state index contributed by atoms with van der Waals surface area (Å²) in [5.74, 6) is 7.52. The third-order valence-corrected chi connectivity index (χ3v) is 6.73. The summed E-state index contributed by atoms with van der Waals surface area (Å²) in [7, 11) is 0. The molecule has 1 N–H and O–H groups in total. The number of aromatic nitrogens is 1. The molecule has 4 aliphatic rings. The first kappa shape index (κ1) is 18.7. The number of hydrogen-bond acceptors (Lipinski definition) is 5. The minimum Gasteiger partial charge on any atom is -0.446 e. The van der Waals surface area contributed by atoms with E-state index < -0.39 is 0 Å². The van der Waals surface area contributed by atoms with E-state index in [0.29, 0.717) is 17.0 Å². The van der Waals surface area contributed by atoms with Gasteiger partial charge in [-0.3, -0.25) is 14.6 Å². The fourth-order valence-electron chi connectivity index (χ4n) is 5.07. The highest BCUT2D eigenvalue weighted by molar-refractivity contribution is 5.96. The smallest absolute Gasteiger partial charge is 0.271 e. The summed E-state index contributed by atoms with van der Waals surface area (Å²) in [6, 6.07) is 3.71. The van der Waals surface area contributed by atoms with Crippen LogP contribution in [0.15, 0.2) is 22.7 Å². The minimum absolute atomic E-state index is 0.121. The van der Waals surface area contributed by atoms with Gasteiger partial charge in [0, 0.05) is 24.5 Å². The van der Waals surface area contributed by atoms with E-state index >= 15 is 0 Å². The summed E-state index contributed by atoms with van der Waals surface area (Å²) in [4.78, 5) is 22.0. The van der Waals surface area contributed by atoms with Crippen LogP contribution in [0, 0.1) is 17.8 Å². The van der Waals surface area contributed by atoms with Crippen LogP contribution in [0.5, 0.6) is 0 Å². The number of hydrogen-bond donors (Lipinski definition) is 1. The first-order valence-corrected chi connectivity index (χ1v) is 10.8. The molecule has 0 aliphatic carbocycles. The zero-order valence-corrected chi connectivity index (χ0v) is 17.0. The Bertz CT molecular complexity index is 974. The highest BCUT2D eigenvalue weighted by Gasteiger charge is 2.43. The van der Waals surface area contributed by atoms with E-state index in [0.717, 1.165) is 50.4 Å². The molecular weight excluding hydrogens is 364 g/mol. The highest BCUT2D eigenvalue weighted by atomic mass is 16.3. The Hall–Kier alpha value is -2.36. The van der Waals surface area contributed by atoms with Crippen molar-refractivity contribution in [2.45, 2.75) is 44.7 Å². The van der Waals surface area contributed by atoms with Crippen molar-refractivity contribution in [2.24, 2.45) is 5.92 Å². The van der Waals surface area contributed by atoms with Crippen LogP contribution in [0.1, 0.15) is 55.3 Å². The summed E-state index contributed by atoms with van der Waals surface area (Å²) in [5.41, 5.74) is 0.828. The molecular formula is C23H28N4O2. The first-order chi connectivity index (χ1) is 14.1. The fourth-order valence-corrected chi connectivity index (χ4v) is 5.07. The van der Waals surface area contributed by atoms with Crippen molar-refractivity contribution in [1.82, 2.24) is 20.1 Å². The number of carbonyl (C=O) groups excluding carboxylic acids is 1. The molecule has 4 fully saturated rings. The second kappa shape index (κ2) is 7.47. The van der Waals surface area contributed by atoms with Crippen LogP contribution in [0.2, 0.25) is 0 Å². The number of fused-ring (bicyclic) bond motifs is 4. The lowest BCUT2D eigenvalue weighted by Gasteiger charge is -2.52. The van der Waals surface area contributed by atoms with Gasteiger partial charge in [-0.1, -0.05) is 5.92 Å². The van der Waals surface area contributed by atoms with Crippen LogP contribution < -0.4 is 5.32 Å². The quantitative estimate of drug-likeness (QED) is 0.814. The van der Waals surface area contributed by atoms with Gasteiger partial charge in [0.25, 0.3) is 5.91 Å². The Balaban J connectivity index is 1.29. The molecule has 6 nitrogen and oxygen atoms in total. The van der Waals surface area contributed by atoms with Crippen molar-refractivity contribution < 1.29 is 9.21 Å². The molecule has 29 heavy (non-hydrogen) atoms. The van der Waals surface area contributed by atoms with E-state index in [4.69, 9.17) is 4.42 Å². The molecule has 6 heterocycles. The molecule has 2 aromatic heterocycles. The van der Waals surface area contributed by atoms with Gasteiger partial charge in [-0.15, -0.1) is 0 Å². The van der Waals surface area contributed by atoms with Crippen LogP contribution in [0.25, 0.3) is 11.0 Å². The van der Waals surface area contributed by atoms with Gasteiger partial charge in [0.05, 0.1) is 18.4 Å². The van der Waals surface area contributed by atoms with E-state index in [2.05, 4.69) is 38.9 Å². The van der Waals surface area contributed by atoms with Crippen molar-refractivity contribution in [3.63, 3.8) is 0 Å². The highest BCUT2D eigenvalue weighted by Crippen LogP contribution is 2.37. The summed E-state index contributed by atoms with van der Waals surface area (Å²) >= 11 is 0. The zero-order chi connectivity index (χ0) is 19.8. The lowest BCUT2D eigenvalue weighted by atomic mass is 9.80. The third-order valence-electron chi connectivity index (χ3n) is 6.73. The van der Waals surface area contributed by atoms with E-state index in [1.807, 2.05) is 6.07 Å². The van der Waals surface area contributed by atoms with Crippen LogP contribution >= 0.6 is 0 Å². The largest absolute Gasteiger partial charge is 0.446 e. The molecule has 152 valence electrons. The van der Waals surface area contributed by atoms with Crippen molar-refractivity contribution >= 4 is 16.9 Å². The Kier molecular flexibility index (Phi) is 4.81. The lowest BCUT2D eigenvalue weighted by molar-refractivity contribution is -0.0347. The van der Waals surface area contributed by atoms with Gasteiger partial charge in [-0.25, -0.2) is 4.98 Å². The predicted octanol–water partition coefficient (Wildman–Crippen LogP) is 2.84. The van der Waals surface area contributed by atoms with Gasteiger partial charge >= 0.3 is 0 Å². The average molecular weight is 393 g/mol. The summed E-state index contributed by atoms with van der Waals surface area (Å²) in [6.07, 6.45) is 7.66. The second-order valence-corrected chi connectivity index (χ2v) is 8.87. The van der Waals surface area contributed by atoms with Crippen LogP contribution in [-0.4, -0.2) is 59.1 Å². The third kappa shape index (κ3) is 3.77. The maximum absolute atomic E-state index is 12.9. The SMILES string of the molecule is C[C@@]1(NC(=O)c2cc3cc(C#CCN4CCCC4)oc3cn2)CC2CCN1CC2. The van der Waals surface area contributed by atoms with Crippen molar-refractivity contribution in [2.75, 3.05) is 32.7 Å².